The van der Waals surface area contributed by atoms with Gasteiger partial charge in [-0.3, -0.25) is 24.1 Å². The lowest BCUT2D eigenvalue weighted by atomic mass is 9.59. The minimum absolute atomic E-state index is 0.0574. The summed E-state index contributed by atoms with van der Waals surface area (Å²) in [6, 6.07) is 8.83. The Morgan fingerprint density at radius 2 is 1.67 bits per heavy atom. The summed E-state index contributed by atoms with van der Waals surface area (Å²) < 4.78 is 10.7. The van der Waals surface area contributed by atoms with Gasteiger partial charge in [0.15, 0.2) is 23.1 Å². The van der Waals surface area contributed by atoms with E-state index < -0.39 is 41.5 Å². The van der Waals surface area contributed by atoms with E-state index in [-0.39, 0.29) is 58.5 Å². The summed E-state index contributed by atoms with van der Waals surface area (Å²) >= 11 is 0. The van der Waals surface area contributed by atoms with Crippen LogP contribution in [0.3, 0.4) is 0 Å². The summed E-state index contributed by atoms with van der Waals surface area (Å²) in [6.45, 7) is 1.58. The summed E-state index contributed by atoms with van der Waals surface area (Å²) in [4.78, 5) is 67.2. The zero-order valence-corrected chi connectivity index (χ0v) is 23.0. The van der Waals surface area contributed by atoms with E-state index in [0.29, 0.717) is 16.7 Å². The van der Waals surface area contributed by atoms with Gasteiger partial charge in [-0.15, -0.1) is 0 Å². The first-order valence-electron chi connectivity index (χ1n) is 13.4. The van der Waals surface area contributed by atoms with E-state index in [9.17, 15) is 34.2 Å². The van der Waals surface area contributed by atoms with Crippen molar-refractivity contribution >= 4 is 35.0 Å². The summed E-state index contributed by atoms with van der Waals surface area (Å²) in [7, 11) is 2.77. The largest absolute Gasteiger partial charge is 0.502 e. The maximum atomic E-state index is 14.0. The number of aromatic hydroxyl groups is 1. The molecule has 2 aromatic rings. The van der Waals surface area contributed by atoms with Crippen LogP contribution < -0.4 is 14.4 Å². The fourth-order valence-electron chi connectivity index (χ4n) is 6.85. The van der Waals surface area contributed by atoms with Gasteiger partial charge in [0, 0.05) is 22.6 Å². The van der Waals surface area contributed by atoms with Crippen LogP contribution in [0.2, 0.25) is 0 Å². The molecule has 10 nitrogen and oxygen atoms in total. The highest BCUT2D eigenvalue weighted by Crippen LogP contribution is 2.56. The second kappa shape index (κ2) is 9.83. The molecule has 4 aliphatic rings. The number of benzene rings is 2. The van der Waals surface area contributed by atoms with Crippen LogP contribution in [0.25, 0.3) is 0 Å². The fourth-order valence-corrected chi connectivity index (χ4v) is 6.85. The molecule has 1 heterocycles. The lowest BCUT2D eigenvalue weighted by Gasteiger charge is -2.42. The number of anilines is 1. The van der Waals surface area contributed by atoms with Crippen molar-refractivity contribution in [3.05, 3.63) is 82.0 Å². The second-order valence-electron chi connectivity index (χ2n) is 10.9. The third-order valence-corrected chi connectivity index (χ3v) is 8.75. The van der Waals surface area contributed by atoms with Gasteiger partial charge < -0.3 is 19.7 Å². The van der Waals surface area contributed by atoms with Gasteiger partial charge in [0.05, 0.1) is 37.3 Å². The Labute approximate surface area is 240 Å². The number of hydrogen-bond donors (Lipinski definition) is 2. The number of carbonyl (C=O) groups is 5. The number of ether oxygens (including phenoxy) is 2. The van der Waals surface area contributed by atoms with E-state index in [1.165, 1.54) is 44.6 Å². The van der Waals surface area contributed by atoms with Gasteiger partial charge in [0.2, 0.25) is 17.6 Å². The molecule has 2 amide bonds. The molecule has 1 fully saturated rings. The third kappa shape index (κ3) is 3.89. The highest BCUT2D eigenvalue weighted by atomic mass is 16.5. The van der Waals surface area contributed by atoms with Crippen molar-refractivity contribution in [1.29, 1.82) is 0 Å². The number of nitrogens with zero attached hydrogens (tertiary/aromatic N) is 1. The highest BCUT2D eigenvalue weighted by Gasteiger charge is 2.56. The smallest absolute Gasteiger partial charge is 0.335 e. The lowest BCUT2D eigenvalue weighted by molar-refractivity contribution is -0.123. The van der Waals surface area contributed by atoms with Crippen LogP contribution in [0, 0.1) is 17.8 Å². The van der Waals surface area contributed by atoms with Gasteiger partial charge in [-0.2, -0.15) is 0 Å². The summed E-state index contributed by atoms with van der Waals surface area (Å²) in [5, 5.41) is 20.0. The van der Waals surface area contributed by atoms with Crippen molar-refractivity contribution in [1.82, 2.24) is 0 Å². The van der Waals surface area contributed by atoms with Gasteiger partial charge in [-0.1, -0.05) is 17.7 Å². The van der Waals surface area contributed by atoms with Crippen LogP contribution in [-0.2, 0) is 19.2 Å². The predicted octanol–water partition coefficient (Wildman–Crippen LogP) is 3.74. The molecule has 0 spiro atoms. The number of carboxylic acid groups (broad SMARTS) is 1. The summed E-state index contributed by atoms with van der Waals surface area (Å²) in [5.74, 6) is -5.57. The van der Waals surface area contributed by atoms with Crippen molar-refractivity contribution < 1.29 is 43.7 Å². The van der Waals surface area contributed by atoms with E-state index >= 15 is 0 Å². The van der Waals surface area contributed by atoms with Crippen molar-refractivity contribution in [2.24, 2.45) is 17.8 Å². The number of phenolic OH excluding ortho intramolecular Hbond substituents is 1. The molecule has 0 radical (unpaired) electrons. The molecule has 42 heavy (non-hydrogen) atoms. The van der Waals surface area contributed by atoms with E-state index in [2.05, 4.69) is 0 Å². The van der Waals surface area contributed by atoms with Gasteiger partial charge >= 0.3 is 5.97 Å². The molecule has 0 bridgehead atoms. The predicted molar refractivity (Wildman–Crippen MR) is 148 cm³/mol. The van der Waals surface area contributed by atoms with Crippen molar-refractivity contribution in [3.8, 4) is 17.2 Å². The Hall–Kier alpha value is -4.99. The highest BCUT2D eigenvalue weighted by molar-refractivity contribution is 6.25. The average Bonchev–Trinajstić information content (AvgIpc) is 3.24. The molecule has 0 saturated carbocycles. The quantitative estimate of drug-likeness (QED) is 0.312. The minimum Gasteiger partial charge on any atom is -0.502 e. The molecule has 1 saturated heterocycles. The first-order chi connectivity index (χ1) is 20.1. The Bertz CT molecular complexity index is 1690. The molecular weight excluding hydrogens is 542 g/mol. The number of amides is 2. The van der Waals surface area contributed by atoms with Gasteiger partial charge in [-0.05, 0) is 67.7 Å². The third-order valence-electron chi connectivity index (χ3n) is 8.75. The zero-order chi connectivity index (χ0) is 30.0. The van der Waals surface area contributed by atoms with Crippen LogP contribution in [0.15, 0.2) is 70.8 Å². The first kappa shape index (κ1) is 27.2. The number of Topliss-reactive ketones (excluding diaryl/α,β-unsaturated/α-hetero) is 1. The van der Waals surface area contributed by atoms with Gasteiger partial charge in [-0.25, -0.2) is 4.79 Å². The van der Waals surface area contributed by atoms with Crippen LogP contribution in [0.4, 0.5) is 5.69 Å². The maximum absolute atomic E-state index is 14.0. The lowest BCUT2D eigenvalue weighted by Crippen LogP contribution is -2.39. The fraction of sp³-hybridized carbons (Fsp3) is 0.281. The second-order valence-corrected chi connectivity index (χ2v) is 10.9. The number of phenols is 1. The maximum Gasteiger partial charge on any atom is 0.335 e. The monoisotopic (exact) mass is 569 g/mol. The summed E-state index contributed by atoms with van der Waals surface area (Å²) in [5.41, 5.74) is 2.26. The van der Waals surface area contributed by atoms with E-state index in [4.69, 9.17) is 9.47 Å². The number of ketones is 2. The molecule has 1 aliphatic heterocycles. The van der Waals surface area contributed by atoms with Crippen molar-refractivity contribution in [3.63, 3.8) is 0 Å². The summed E-state index contributed by atoms with van der Waals surface area (Å²) in [6.07, 6.45) is 3.50. The number of allylic oxidation sites excluding steroid dienone is 6. The Morgan fingerprint density at radius 3 is 2.31 bits per heavy atom. The standard InChI is InChI=1S/C32H27NO9/c1-14-9-22(34)21-13-20-18(25(27(21)28(14)35)16-11-23(41-2)29(36)24(12-16)42-3)7-8-19-26(20)31(38)33(30(19)37)17-6-4-5-15(10-17)32(39)40/h4-7,9-12,19-20,25-26,36H,8,13H2,1-3H3,(H,39,40)/t19-,20+,25-,26-/m0/s1. The molecule has 4 atom stereocenters. The Kier molecular flexibility index (Phi) is 6.36. The molecule has 2 aromatic carbocycles. The van der Waals surface area contributed by atoms with Crippen LogP contribution in [0.5, 0.6) is 17.2 Å². The number of fused-ring (bicyclic) bond motifs is 3. The molecule has 6 rings (SSSR count). The van der Waals surface area contributed by atoms with E-state index in [1.54, 1.807) is 19.1 Å². The first-order valence-corrected chi connectivity index (χ1v) is 13.4. The number of rotatable bonds is 5. The number of aromatic carboxylic acids is 1. The molecule has 214 valence electrons. The van der Waals surface area contributed by atoms with Crippen LogP contribution in [0.1, 0.15) is 41.6 Å². The van der Waals surface area contributed by atoms with Crippen molar-refractivity contribution in [2.75, 3.05) is 19.1 Å². The van der Waals surface area contributed by atoms with Crippen molar-refractivity contribution in [2.45, 2.75) is 25.7 Å². The molecule has 0 aromatic heterocycles. The topological polar surface area (TPSA) is 148 Å². The molecule has 10 heteroatoms. The number of carbonyl (C=O) groups excluding carboxylic acids is 4. The number of hydrogen-bond acceptors (Lipinski definition) is 8. The minimum atomic E-state index is -1.18. The van der Waals surface area contributed by atoms with Gasteiger partial charge in [0.25, 0.3) is 0 Å². The number of imide groups is 1. The normalized spacial score (nSPS) is 25.0. The average molecular weight is 570 g/mol. The molecule has 0 unspecified atom stereocenters. The molecule has 2 N–H and O–H groups in total. The zero-order valence-electron chi connectivity index (χ0n) is 23.0. The van der Waals surface area contributed by atoms with E-state index in [1.807, 2.05) is 6.08 Å². The van der Waals surface area contributed by atoms with Crippen LogP contribution >= 0.6 is 0 Å². The molecular formula is C32H27NO9. The Balaban J connectivity index is 1.50. The SMILES string of the molecule is COc1cc([C@H]2C3=CC[C@@H]4C(=O)N(c5cccc(C(=O)O)c5)C(=O)[C@@H]4[C@@H]3CC3=C2C(=O)C(C)=CC3=O)cc(OC)c1O. The Morgan fingerprint density at radius 1 is 0.976 bits per heavy atom. The van der Waals surface area contributed by atoms with Crippen LogP contribution in [-0.4, -0.2) is 53.8 Å². The van der Waals surface area contributed by atoms with E-state index in [0.717, 1.165) is 10.5 Å². The molecule has 3 aliphatic carbocycles. The number of carboxylic acids is 1. The number of methoxy groups -OCH3 is 2. The van der Waals surface area contributed by atoms with Gasteiger partial charge in [0.1, 0.15) is 0 Å².